The summed E-state index contributed by atoms with van der Waals surface area (Å²) < 4.78 is 6.12. The first-order valence-corrected chi connectivity index (χ1v) is 13.5. The SMILES string of the molecule is CCO[Si](C)(CC)CCCN(CCCN(C)CC)CCCN(C)CC. The molecule has 0 aliphatic rings. The first-order valence-electron chi connectivity index (χ1n) is 10.6. The number of nitrogens with zero attached hydrogens (tertiary/aromatic N) is 3. The van der Waals surface area contributed by atoms with Crippen LogP contribution in [0.15, 0.2) is 0 Å². The molecule has 0 saturated carbocycles. The van der Waals surface area contributed by atoms with Gasteiger partial charge >= 0.3 is 0 Å². The van der Waals surface area contributed by atoms with Gasteiger partial charge in [-0.2, -0.15) is 0 Å². The van der Waals surface area contributed by atoms with Crippen LogP contribution in [-0.2, 0) is 4.43 Å². The molecule has 4 nitrogen and oxygen atoms in total. The molecule has 1 atom stereocenters. The van der Waals surface area contributed by atoms with Crippen LogP contribution < -0.4 is 0 Å². The fourth-order valence-electron chi connectivity index (χ4n) is 3.16. The maximum absolute atomic E-state index is 6.12. The second-order valence-corrected chi connectivity index (χ2v) is 12.1. The Morgan fingerprint density at radius 1 is 0.720 bits per heavy atom. The molecule has 0 saturated heterocycles. The maximum atomic E-state index is 6.12. The van der Waals surface area contributed by atoms with Crippen molar-refractivity contribution in [1.82, 2.24) is 14.7 Å². The molecule has 0 rings (SSSR count). The molecule has 0 aromatic heterocycles. The van der Waals surface area contributed by atoms with Crippen molar-refractivity contribution in [2.45, 2.75) is 65.6 Å². The van der Waals surface area contributed by atoms with Crippen LogP contribution in [0.25, 0.3) is 0 Å². The minimum atomic E-state index is -1.44. The Hall–Kier alpha value is 0.0569. The molecule has 0 aliphatic heterocycles. The van der Waals surface area contributed by atoms with E-state index >= 15 is 0 Å². The molecule has 0 radical (unpaired) electrons. The van der Waals surface area contributed by atoms with E-state index in [1.54, 1.807) is 0 Å². The van der Waals surface area contributed by atoms with E-state index < -0.39 is 8.32 Å². The lowest BCUT2D eigenvalue weighted by Crippen LogP contribution is -2.36. The topological polar surface area (TPSA) is 19.0 Å². The van der Waals surface area contributed by atoms with E-state index in [0.717, 1.165) is 19.7 Å². The largest absolute Gasteiger partial charge is 0.417 e. The van der Waals surface area contributed by atoms with Crippen molar-refractivity contribution in [1.29, 1.82) is 0 Å². The van der Waals surface area contributed by atoms with Gasteiger partial charge < -0.3 is 19.1 Å². The van der Waals surface area contributed by atoms with Gasteiger partial charge in [0.25, 0.3) is 0 Å². The summed E-state index contributed by atoms with van der Waals surface area (Å²) in [5, 5.41) is 0. The first kappa shape index (κ1) is 25.1. The van der Waals surface area contributed by atoms with Crippen molar-refractivity contribution < 1.29 is 4.43 Å². The van der Waals surface area contributed by atoms with E-state index in [2.05, 4.69) is 63.0 Å². The van der Waals surface area contributed by atoms with Crippen LogP contribution in [0.3, 0.4) is 0 Å². The van der Waals surface area contributed by atoms with Gasteiger partial charge in [-0.05, 0) is 105 Å². The van der Waals surface area contributed by atoms with E-state index in [9.17, 15) is 0 Å². The van der Waals surface area contributed by atoms with Crippen molar-refractivity contribution in [2.75, 3.05) is 66.5 Å². The van der Waals surface area contributed by atoms with Crippen LogP contribution in [0.1, 0.15) is 47.0 Å². The molecule has 0 bridgehead atoms. The fourth-order valence-corrected chi connectivity index (χ4v) is 5.46. The lowest BCUT2D eigenvalue weighted by Gasteiger charge is -2.28. The molecule has 0 aromatic carbocycles. The van der Waals surface area contributed by atoms with Crippen LogP contribution in [0.4, 0.5) is 0 Å². The Labute approximate surface area is 160 Å². The van der Waals surface area contributed by atoms with Gasteiger partial charge in [-0.25, -0.2) is 0 Å². The maximum Gasteiger partial charge on any atom is 0.189 e. The van der Waals surface area contributed by atoms with Crippen LogP contribution in [0, 0.1) is 0 Å². The van der Waals surface area contributed by atoms with Crippen molar-refractivity contribution in [3.63, 3.8) is 0 Å². The van der Waals surface area contributed by atoms with E-state index in [-0.39, 0.29) is 0 Å². The lowest BCUT2D eigenvalue weighted by molar-refractivity contribution is 0.229. The van der Waals surface area contributed by atoms with Crippen molar-refractivity contribution in [3.8, 4) is 0 Å². The summed E-state index contributed by atoms with van der Waals surface area (Å²) in [6.45, 7) is 20.6. The Kier molecular flexibility index (Phi) is 15.2. The average molecular weight is 374 g/mol. The van der Waals surface area contributed by atoms with Crippen molar-refractivity contribution >= 4 is 8.32 Å². The van der Waals surface area contributed by atoms with Gasteiger partial charge in [-0.15, -0.1) is 0 Å². The molecule has 0 fully saturated rings. The minimum Gasteiger partial charge on any atom is -0.417 e. The highest BCUT2D eigenvalue weighted by Gasteiger charge is 2.25. The summed E-state index contributed by atoms with van der Waals surface area (Å²) in [4.78, 5) is 7.53. The summed E-state index contributed by atoms with van der Waals surface area (Å²) in [5.41, 5.74) is 0. The predicted octanol–water partition coefficient (Wildman–Crippen LogP) is 3.99. The highest BCUT2D eigenvalue weighted by molar-refractivity contribution is 6.72. The van der Waals surface area contributed by atoms with Crippen LogP contribution in [-0.4, -0.2) is 89.5 Å². The van der Waals surface area contributed by atoms with Gasteiger partial charge in [0.2, 0.25) is 0 Å². The van der Waals surface area contributed by atoms with Crippen LogP contribution in [0.2, 0.25) is 18.6 Å². The second kappa shape index (κ2) is 15.1. The molecule has 0 spiro atoms. The number of rotatable bonds is 17. The molecule has 0 aromatic rings. The molecule has 0 N–H and O–H groups in total. The van der Waals surface area contributed by atoms with E-state index in [4.69, 9.17) is 4.43 Å². The Morgan fingerprint density at radius 3 is 1.60 bits per heavy atom. The summed E-state index contributed by atoms with van der Waals surface area (Å²) in [6, 6.07) is 2.54. The van der Waals surface area contributed by atoms with Gasteiger partial charge in [0.15, 0.2) is 8.32 Å². The zero-order valence-electron chi connectivity index (χ0n) is 18.4. The van der Waals surface area contributed by atoms with Crippen molar-refractivity contribution in [3.05, 3.63) is 0 Å². The average Bonchev–Trinajstić information content (AvgIpc) is 2.61. The number of hydrogen-bond donors (Lipinski definition) is 0. The summed E-state index contributed by atoms with van der Waals surface area (Å²) in [6.07, 6.45) is 3.85. The fraction of sp³-hybridized carbons (Fsp3) is 1.00. The molecular formula is C20H47N3OSi. The van der Waals surface area contributed by atoms with E-state index in [0.29, 0.717) is 0 Å². The highest BCUT2D eigenvalue weighted by Crippen LogP contribution is 2.19. The molecular weight excluding hydrogens is 326 g/mol. The highest BCUT2D eigenvalue weighted by atomic mass is 28.4. The van der Waals surface area contributed by atoms with Crippen molar-refractivity contribution in [2.24, 2.45) is 0 Å². The molecule has 1 unspecified atom stereocenters. The van der Waals surface area contributed by atoms with Crippen LogP contribution >= 0.6 is 0 Å². The molecule has 0 heterocycles. The molecule has 0 aliphatic carbocycles. The normalized spacial score (nSPS) is 14.6. The zero-order valence-corrected chi connectivity index (χ0v) is 19.4. The Bertz CT molecular complexity index is 291. The zero-order chi connectivity index (χ0) is 19.1. The van der Waals surface area contributed by atoms with Gasteiger partial charge in [-0.3, -0.25) is 0 Å². The van der Waals surface area contributed by atoms with Gasteiger partial charge in [0.1, 0.15) is 0 Å². The van der Waals surface area contributed by atoms with Gasteiger partial charge in [-0.1, -0.05) is 20.8 Å². The molecule has 5 heteroatoms. The third-order valence-electron chi connectivity index (χ3n) is 5.53. The lowest BCUT2D eigenvalue weighted by atomic mass is 10.3. The predicted molar refractivity (Wildman–Crippen MR) is 115 cm³/mol. The summed E-state index contributed by atoms with van der Waals surface area (Å²) >= 11 is 0. The summed E-state index contributed by atoms with van der Waals surface area (Å²) in [5.74, 6) is 0. The third kappa shape index (κ3) is 13.0. The standard InChI is InChI=1S/C20H47N3OSi/c1-8-21(5)15-12-17-23(18-13-16-22(6)9-2)19-14-20-25(7,11-4)24-10-3/h8-20H2,1-7H3. The Balaban J connectivity index is 4.30. The minimum absolute atomic E-state index is 0.882. The summed E-state index contributed by atoms with van der Waals surface area (Å²) in [7, 11) is 3.00. The monoisotopic (exact) mass is 373 g/mol. The Morgan fingerprint density at radius 2 is 1.20 bits per heavy atom. The van der Waals surface area contributed by atoms with Gasteiger partial charge in [0, 0.05) is 6.61 Å². The van der Waals surface area contributed by atoms with E-state index in [1.165, 1.54) is 64.1 Å². The second-order valence-electron chi connectivity index (χ2n) is 7.68. The molecule has 0 amide bonds. The third-order valence-corrected chi connectivity index (χ3v) is 9.42. The smallest absolute Gasteiger partial charge is 0.189 e. The van der Waals surface area contributed by atoms with Crippen LogP contribution in [0.5, 0.6) is 0 Å². The van der Waals surface area contributed by atoms with Gasteiger partial charge in [0.05, 0.1) is 0 Å². The number of hydrogen-bond acceptors (Lipinski definition) is 4. The quantitative estimate of drug-likeness (QED) is 0.359. The van der Waals surface area contributed by atoms with E-state index in [1.807, 2.05) is 0 Å². The molecule has 152 valence electrons. The molecule has 25 heavy (non-hydrogen) atoms. The first-order chi connectivity index (χ1) is 11.9.